The van der Waals surface area contributed by atoms with Gasteiger partial charge in [-0.15, -0.1) is 0 Å². The number of anilines is 1. The highest BCUT2D eigenvalue weighted by molar-refractivity contribution is 5.36. The average molecular weight is 249 g/mol. The van der Waals surface area contributed by atoms with E-state index in [0.29, 0.717) is 43.0 Å². The Morgan fingerprint density at radius 3 is 3.00 bits per heavy atom. The molecule has 96 valence electrons. The zero-order valence-electron chi connectivity index (χ0n) is 10.4. The fourth-order valence-electron chi connectivity index (χ4n) is 1.40. The van der Waals surface area contributed by atoms with Gasteiger partial charge in [0.2, 0.25) is 11.8 Å². The summed E-state index contributed by atoms with van der Waals surface area (Å²) < 4.78 is 10.3. The van der Waals surface area contributed by atoms with Gasteiger partial charge >= 0.3 is 0 Å². The smallest absolute Gasteiger partial charge is 0.228 e. The first-order chi connectivity index (χ1) is 8.78. The van der Waals surface area contributed by atoms with Crippen molar-refractivity contribution in [2.24, 2.45) is 0 Å². The summed E-state index contributed by atoms with van der Waals surface area (Å²) in [6.45, 7) is 4.94. The molecule has 0 saturated carbocycles. The highest BCUT2D eigenvalue weighted by Crippen LogP contribution is 2.10. The summed E-state index contributed by atoms with van der Waals surface area (Å²) in [5.74, 6) is 2.53. The monoisotopic (exact) mass is 249 g/mol. The van der Waals surface area contributed by atoms with Gasteiger partial charge in [0, 0.05) is 19.0 Å². The normalized spacial score (nSPS) is 10.3. The van der Waals surface area contributed by atoms with Gasteiger partial charge in [-0.2, -0.15) is 4.98 Å². The van der Waals surface area contributed by atoms with Crippen molar-refractivity contribution in [1.82, 2.24) is 20.1 Å². The van der Waals surface area contributed by atoms with Gasteiger partial charge in [-0.1, -0.05) is 5.16 Å². The van der Waals surface area contributed by atoms with Crippen LogP contribution in [0, 0.1) is 6.92 Å². The molecule has 0 spiro atoms. The minimum atomic E-state index is 0.559. The van der Waals surface area contributed by atoms with Crippen LogP contribution in [-0.4, -0.2) is 33.3 Å². The Bertz CT molecular complexity index is 500. The standard InChI is InChI=1S/C11H15N5O2/c1-3-17-11-6-9(13-7-14-11)12-5-4-10-15-8(2)16-18-10/h6-7H,3-5H2,1-2H3,(H,12,13,14). The molecule has 7 heteroatoms. The minimum absolute atomic E-state index is 0.559. The summed E-state index contributed by atoms with van der Waals surface area (Å²) in [5, 5.41) is 6.86. The Labute approximate surface area is 105 Å². The van der Waals surface area contributed by atoms with E-state index >= 15 is 0 Å². The second kappa shape index (κ2) is 5.95. The maximum atomic E-state index is 5.28. The first kappa shape index (κ1) is 12.3. The molecule has 0 radical (unpaired) electrons. The maximum absolute atomic E-state index is 5.28. The van der Waals surface area contributed by atoms with Gasteiger partial charge in [0.1, 0.15) is 12.1 Å². The second-order valence-corrected chi connectivity index (χ2v) is 3.59. The molecule has 0 aliphatic carbocycles. The van der Waals surface area contributed by atoms with E-state index in [1.165, 1.54) is 6.33 Å². The fraction of sp³-hybridized carbons (Fsp3) is 0.455. The van der Waals surface area contributed by atoms with Crippen molar-refractivity contribution < 1.29 is 9.26 Å². The van der Waals surface area contributed by atoms with Crippen molar-refractivity contribution in [3.63, 3.8) is 0 Å². The van der Waals surface area contributed by atoms with E-state index in [1.54, 1.807) is 13.0 Å². The van der Waals surface area contributed by atoms with Crippen LogP contribution in [0.3, 0.4) is 0 Å². The molecule has 0 aromatic carbocycles. The van der Waals surface area contributed by atoms with E-state index < -0.39 is 0 Å². The van der Waals surface area contributed by atoms with Crippen LogP contribution in [0.2, 0.25) is 0 Å². The Kier molecular flexibility index (Phi) is 4.06. The van der Waals surface area contributed by atoms with Crippen LogP contribution >= 0.6 is 0 Å². The summed E-state index contributed by atoms with van der Waals surface area (Å²) >= 11 is 0. The third kappa shape index (κ3) is 3.41. The van der Waals surface area contributed by atoms with Crippen LogP contribution in [-0.2, 0) is 6.42 Å². The van der Waals surface area contributed by atoms with Gasteiger partial charge in [0.15, 0.2) is 5.82 Å². The van der Waals surface area contributed by atoms with Crippen molar-refractivity contribution in [1.29, 1.82) is 0 Å². The van der Waals surface area contributed by atoms with E-state index in [1.807, 2.05) is 6.92 Å². The largest absolute Gasteiger partial charge is 0.478 e. The molecule has 2 aromatic rings. The number of hydrogen-bond acceptors (Lipinski definition) is 7. The molecule has 1 N–H and O–H groups in total. The van der Waals surface area contributed by atoms with Gasteiger partial charge in [0.05, 0.1) is 6.61 Å². The molecule has 2 aromatic heterocycles. The first-order valence-corrected chi connectivity index (χ1v) is 5.76. The van der Waals surface area contributed by atoms with Gasteiger partial charge < -0.3 is 14.6 Å². The molecular weight excluding hydrogens is 234 g/mol. The summed E-state index contributed by atoms with van der Waals surface area (Å²) in [7, 11) is 0. The maximum Gasteiger partial charge on any atom is 0.228 e. The minimum Gasteiger partial charge on any atom is -0.478 e. The zero-order valence-corrected chi connectivity index (χ0v) is 10.4. The Morgan fingerprint density at radius 1 is 1.39 bits per heavy atom. The number of aryl methyl sites for hydroxylation is 1. The highest BCUT2D eigenvalue weighted by Gasteiger charge is 2.03. The van der Waals surface area contributed by atoms with Gasteiger partial charge in [-0.3, -0.25) is 0 Å². The molecular formula is C11H15N5O2. The molecule has 2 heterocycles. The van der Waals surface area contributed by atoms with Crippen LogP contribution in [0.4, 0.5) is 5.82 Å². The lowest BCUT2D eigenvalue weighted by Crippen LogP contribution is -2.07. The molecule has 0 atom stereocenters. The predicted octanol–water partition coefficient (Wildman–Crippen LogP) is 1.22. The van der Waals surface area contributed by atoms with Crippen molar-refractivity contribution in [3.8, 4) is 5.88 Å². The average Bonchev–Trinajstić information content (AvgIpc) is 2.76. The quantitative estimate of drug-likeness (QED) is 0.823. The van der Waals surface area contributed by atoms with Crippen LogP contribution in [0.15, 0.2) is 16.9 Å². The SMILES string of the molecule is CCOc1cc(NCCc2nc(C)no2)ncn1. The van der Waals surface area contributed by atoms with E-state index in [9.17, 15) is 0 Å². The second-order valence-electron chi connectivity index (χ2n) is 3.59. The summed E-state index contributed by atoms with van der Waals surface area (Å²) in [4.78, 5) is 12.2. The lowest BCUT2D eigenvalue weighted by Gasteiger charge is -2.05. The Hall–Kier alpha value is -2.18. The number of aromatic nitrogens is 4. The Balaban J connectivity index is 1.84. The molecule has 18 heavy (non-hydrogen) atoms. The summed E-state index contributed by atoms with van der Waals surface area (Å²) in [5.41, 5.74) is 0. The molecule has 2 rings (SSSR count). The van der Waals surface area contributed by atoms with E-state index in [0.717, 1.165) is 0 Å². The van der Waals surface area contributed by atoms with E-state index in [-0.39, 0.29) is 0 Å². The van der Waals surface area contributed by atoms with E-state index in [2.05, 4.69) is 25.4 Å². The summed E-state index contributed by atoms with van der Waals surface area (Å²) in [6.07, 6.45) is 2.11. The zero-order chi connectivity index (χ0) is 12.8. The number of nitrogens with zero attached hydrogens (tertiary/aromatic N) is 4. The van der Waals surface area contributed by atoms with Crippen molar-refractivity contribution >= 4 is 5.82 Å². The number of rotatable bonds is 6. The van der Waals surface area contributed by atoms with Crippen LogP contribution in [0.25, 0.3) is 0 Å². The van der Waals surface area contributed by atoms with Crippen molar-refractivity contribution in [2.45, 2.75) is 20.3 Å². The number of hydrogen-bond donors (Lipinski definition) is 1. The molecule has 0 amide bonds. The third-order valence-corrected chi connectivity index (χ3v) is 2.15. The third-order valence-electron chi connectivity index (χ3n) is 2.15. The summed E-state index contributed by atoms with van der Waals surface area (Å²) in [6, 6.07) is 1.75. The van der Waals surface area contributed by atoms with Crippen LogP contribution in [0.5, 0.6) is 5.88 Å². The van der Waals surface area contributed by atoms with E-state index in [4.69, 9.17) is 9.26 Å². The number of ether oxygens (including phenoxy) is 1. The van der Waals surface area contributed by atoms with Gasteiger partial charge in [-0.05, 0) is 13.8 Å². The first-order valence-electron chi connectivity index (χ1n) is 5.76. The molecule has 0 saturated heterocycles. The molecule has 0 aliphatic rings. The number of nitrogens with one attached hydrogen (secondary N) is 1. The molecule has 0 unspecified atom stereocenters. The molecule has 0 bridgehead atoms. The lowest BCUT2D eigenvalue weighted by molar-refractivity contribution is 0.326. The highest BCUT2D eigenvalue weighted by atomic mass is 16.5. The van der Waals surface area contributed by atoms with Crippen molar-refractivity contribution in [3.05, 3.63) is 24.1 Å². The lowest BCUT2D eigenvalue weighted by atomic mass is 10.4. The Morgan fingerprint density at radius 2 is 2.28 bits per heavy atom. The van der Waals surface area contributed by atoms with Crippen LogP contribution in [0.1, 0.15) is 18.6 Å². The van der Waals surface area contributed by atoms with Crippen LogP contribution < -0.4 is 10.1 Å². The molecule has 7 nitrogen and oxygen atoms in total. The fourth-order valence-corrected chi connectivity index (χ4v) is 1.40. The molecule has 0 aliphatic heterocycles. The topological polar surface area (TPSA) is 86.0 Å². The predicted molar refractivity (Wildman–Crippen MR) is 64.4 cm³/mol. The molecule has 0 fully saturated rings. The van der Waals surface area contributed by atoms with Gasteiger partial charge in [0.25, 0.3) is 0 Å². The van der Waals surface area contributed by atoms with Crippen molar-refractivity contribution in [2.75, 3.05) is 18.5 Å². The van der Waals surface area contributed by atoms with Gasteiger partial charge in [-0.25, -0.2) is 9.97 Å².